The summed E-state index contributed by atoms with van der Waals surface area (Å²) in [6.07, 6.45) is 4.77. The molecule has 0 radical (unpaired) electrons. The first-order valence-electron chi connectivity index (χ1n) is 6.51. The van der Waals surface area contributed by atoms with E-state index in [1.807, 2.05) is 0 Å². The van der Waals surface area contributed by atoms with E-state index in [0.717, 1.165) is 12.5 Å². The lowest BCUT2D eigenvalue weighted by Crippen LogP contribution is -2.36. The first kappa shape index (κ1) is 14.7. The van der Waals surface area contributed by atoms with E-state index in [9.17, 15) is 0 Å². The van der Waals surface area contributed by atoms with Gasteiger partial charge in [-0.15, -0.1) is 0 Å². The van der Waals surface area contributed by atoms with Crippen molar-refractivity contribution in [3.05, 3.63) is 11.6 Å². The molecule has 1 N–H and O–H groups in total. The number of hydrogen-bond acceptors (Lipinski definition) is 1. The largest absolute Gasteiger partial charge is 0.314 e. The standard InChI is InChI=1S/C14H29N/c1-7-11(5)13(8-2)12(6)14(9-3)15-10-4/h8,11-12,14-15H,7,9-10H2,1-6H3/b13-8-/t11-,12?,14?/m1/s1. The second-order valence-corrected chi connectivity index (χ2v) is 4.46. The van der Waals surface area contributed by atoms with Crippen LogP contribution in [-0.2, 0) is 0 Å². The Bertz CT molecular complexity index is 184. The Labute approximate surface area is 96.3 Å². The minimum Gasteiger partial charge on any atom is -0.314 e. The van der Waals surface area contributed by atoms with E-state index in [4.69, 9.17) is 0 Å². The summed E-state index contributed by atoms with van der Waals surface area (Å²) in [6.45, 7) is 14.7. The van der Waals surface area contributed by atoms with Crippen molar-refractivity contribution in [1.29, 1.82) is 0 Å². The van der Waals surface area contributed by atoms with Crippen LogP contribution in [0.25, 0.3) is 0 Å². The molecule has 0 spiro atoms. The molecule has 0 fully saturated rings. The molecule has 0 aromatic rings. The van der Waals surface area contributed by atoms with E-state index in [-0.39, 0.29) is 0 Å². The molecule has 0 saturated carbocycles. The summed E-state index contributed by atoms with van der Waals surface area (Å²) in [5.41, 5.74) is 1.62. The van der Waals surface area contributed by atoms with E-state index in [2.05, 4.69) is 52.9 Å². The molecule has 0 aliphatic heterocycles. The molecular formula is C14H29N. The molecule has 0 heterocycles. The first-order valence-corrected chi connectivity index (χ1v) is 6.51. The van der Waals surface area contributed by atoms with Crippen molar-refractivity contribution in [3.8, 4) is 0 Å². The third-order valence-electron chi connectivity index (χ3n) is 3.55. The predicted molar refractivity (Wildman–Crippen MR) is 70.1 cm³/mol. The van der Waals surface area contributed by atoms with Gasteiger partial charge in [-0.05, 0) is 38.1 Å². The quantitative estimate of drug-likeness (QED) is 0.628. The molecule has 3 atom stereocenters. The fourth-order valence-corrected chi connectivity index (χ4v) is 2.40. The molecule has 0 aliphatic rings. The first-order chi connectivity index (χ1) is 7.12. The number of nitrogens with one attached hydrogen (secondary N) is 1. The zero-order chi connectivity index (χ0) is 11.8. The molecule has 0 aromatic heterocycles. The van der Waals surface area contributed by atoms with Crippen molar-refractivity contribution in [1.82, 2.24) is 5.32 Å². The molecule has 90 valence electrons. The van der Waals surface area contributed by atoms with Crippen molar-refractivity contribution in [2.75, 3.05) is 6.54 Å². The Morgan fingerprint density at radius 2 is 1.73 bits per heavy atom. The highest BCUT2D eigenvalue weighted by atomic mass is 14.9. The van der Waals surface area contributed by atoms with Crippen LogP contribution in [0.3, 0.4) is 0 Å². The average Bonchev–Trinajstić information content (AvgIpc) is 2.26. The molecule has 2 unspecified atom stereocenters. The highest BCUT2D eigenvalue weighted by molar-refractivity contribution is 5.10. The summed E-state index contributed by atoms with van der Waals surface area (Å²) in [7, 11) is 0. The zero-order valence-corrected chi connectivity index (χ0v) is 11.4. The van der Waals surface area contributed by atoms with E-state index < -0.39 is 0 Å². The summed E-state index contributed by atoms with van der Waals surface area (Å²) >= 11 is 0. The maximum absolute atomic E-state index is 3.58. The highest BCUT2D eigenvalue weighted by Crippen LogP contribution is 2.26. The van der Waals surface area contributed by atoms with Gasteiger partial charge in [0.2, 0.25) is 0 Å². The normalized spacial score (nSPS) is 18.7. The average molecular weight is 211 g/mol. The second kappa shape index (κ2) is 7.92. The predicted octanol–water partition coefficient (Wildman–Crippen LogP) is 4.00. The molecule has 0 amide bonds. The van der Waals surface area contributed by atoms with Crippen molar-refractivity contribution in [2.24, 2.45) is 11.8 Å². The summed E-state index contributed by atoms with van der Waals surface area (Å²) in [6, 6.07) is 0.634. The maximum atomic E-state index is 3.58. The minimum absolute atomic E-state index is 0.634. The van der Waals surface area contributed by atoms with Crippen LogP contribution in [0.4, 0.5) is 0 Å². The third kappa shape index (κ3) is 4.38. The van der Waals surface area contributed by atoms with Crippen LogP contribution in [-0.4, -0.2) is 12.6 Å². The molecule has 0 bridgehead atoms. The van der Waals surface area contributed by atoms with Gasteiger partial charge in [-0.2, -0.15) is 0 Å². The molecule has 1 nitrogen and oxygen atoms in total. The smallest absolute Gasteiger partial charge is 0.0127 e. The van der Waals surface area contributed by atoms with E-state index in [1.165, 1.54) is 12.8 Å². The molecule has 0 aliphatic carbocycles. The van der Waals surface area contributed by atoms with Crippen LogP contribution in [0, 0.1) is 11.8 Å². The fraction of sp³-hybridized carbons (Fsp3) is 0.857. The van der Waals surface area contributed by atoms with Gasteiger partial charge in [0.25, 0.3) is 0 Å². The van der Waals surface area contributed by atoms with Crippen LogP contribution in [0.15, 0.2) is 11.6 Å². The summed E-state index contributed by atoms with van der Waals surface area (Å²) in [5, 5.41) is 3.58. The topological polar surface area (TPSA) is 12.0 Å². The van der Waals surface area contributed by atoms with Crippen molar-refractivity contribution in [3.63, 3.8) is 0 Å². The molecule has 0 aromatic carbocycles. The lowest BCUT2D eigenvalue weighted by Gasteiger charge is -2.29. The van der Waals surface area contributed by atoms with Gasteiger partial charge in [-0.3, -0.25) is 0 Å². The molecular weight excluding hydrogens is 182 g/mol. The van der Waals surface area contributed by atoms with E-state index in [0.29, 0.717) is 12.0 Å². The zero-order valence-electron chi connectivity index (χ0n) is 11.4. The summed E-state index contributed by atoms with van der Waals surface area (Å²) < 4.78 is 0. The van der Waals surface area contributed by atoms with Gasteiger partial charge in [0.1, 0.15) is 0 Å². The van der Waals surface area contributed by atoms with Crippen molar-refractivity contribution >= 4 is 0 Å². The van der Waals surface area contributed by atoms with Crippen LogP contribution in [0.2, 0.25) is 0 Å². The Kier molecular flexibility index (Phi) is 7.76. The third-order valence-corrected chi connectivity index (χ3v) is 3.55. The van der Waals surface area contributed by atoms with Gasteiger partial charge in [-0.25, -0.2) is 0 Å². The Hall–Kier alpha value is -0.300. The van der Waals surface area contributed by atoms with Gasteiger partial charge in [-0.1, -0.05) is 46.3 Å². The lowest BCUT2D eigenvalue weighted by atomic mass is 9.83. The number of rotatable bonds is 7. The highest BCUT2D eigenvalue weighted by Gasteiger charge is 2.20. The molecule has 15 heavy (non-hydrogen) atoms. The monoisotopic (exact) mass is 211 g/mol. The van der Waals surface area contributed by atoms with Gasteiger partial charge >= 0.3 is 0 Å². The van der Waals surface area contributed by atoms with Crippen LogP contribution in [0.5, 0.6) is 0 Å². The molecule has 0 rings (SSSR count). The van der Waals surface area contributed by atoms with Crippen LogP contribution in [0.1, 0.15) is 54.4 Å². The Balaban J connectivity index is 4.55. The SMILES string of the molecule is C/C=C(\C(C)C(CC)NCC)[C@H](C)CC. The van der Waals surface area contributed by atoms with Crippen molar-refractivity contribution < 1.29 is 0 Å². The second-order valence-electron chi connectivity index (χ2n) is 4.46. The Morgan fingerprint density at radius 1 is 1.13 bits per heavy atom. The van der Waals surface area contributed by atoms with Gasteiger partial charge in [0, 0.05) is 6.04 Å². The minimum atomic E-state index is 0.634. The lowest BCUT2D eigenvalue weighted by molar-refractivity contribution is 0.385. The number of hydrogen-bond donors (Lipinski definition) is 1. The van der Waals surface area contributed by atoms with Crippen LogP contribution >= 0.6 is 0 Å². The fourth-order valence-electron chi connectivity index (χ4n) is 2.40. The number of allylic oxidation sites excluding steroid dienone is 1. The molecule has 0 saturated heterocycles. The summed E-state index contributed by atoms with van der Waals surface area (Å²) in [5.74, 6) is 1.38. The van der Waals surface area contributed by atoms with Gasteiger partial charge < -0.3 is 5.32 Å². The van der Waals surface area contributed by atoms with Gasteiger partial charge in [0.15, 0.2) is 0 Å². The maximum Gasteiger partial charge on any atom is 0.0127 e. The molecule has 1 heteroatoms. The van der Waals surface area contributed by atoms with E-state index in [1.54, 1.807) is 5.57 Å². The van der Waals surface area contributed by atoms with E-state index >= 15 is 0 Å². The Morgan fingerprint density at radius 3 is 2.07 bits per heavy atom. The van der Waals surface area contributed by atoms with Crippen molar-refractivity contribution in [2.45, 2.75) is 60.4 Å². The van der Waals surface area contributed by atoms with Gasteiger partial charge in [0.05, 0.1) is 0 Å². The summed E-state index contributed by atoms with van der Waals surface area (Å²) in [4.78, 5) is 0. The van der Waals surface area contributed by atoms with Crippen LogP contribution < -0.4 is 5.32 Å².